The summed E-state index contributed by atoms with van der Waals surface area (Å²) in [7, 11) is -3.16. The number of aliphatic hydroxyl groups excluding tert-OH is 1. The van der Waals surface area contributed by atoms with E-state index in [1.165, 1.54) is 23.9 Å². The van der Waals surface area contributed by atoms with Gasteiger partial charge in [0, 0.05) is 30.6 Å². The summed E-state index contributed by atoms with van der Waals surface area (Å²) in [5.41, 5.74) is -0.504. The molecular weight excluding hydrogens is 421 g/mol. The molecule has 30 heavy (non-hydrogen) atoms. The summed E-state index contributed by atoms with van der Waals surface area (Å²) in [5.74, 6) is -0.115. The number of amides is 1. The summed E-state index contributed by atoms with van der Waals surface area (Å²) >= 11 is 0. The van der Waals surface area contributed by atoms with E-state index in [1.54, 1.807) is 13.2 Å². The number of aliphatic hydroxyl groups is 2. The number of aromatic nitrogens is 3. The van der Waals surface area contributed by atoms with Crippen molar-refractivity contribution in [2.24, 2.45) is 0 Å². The molecule has 0 spiro atoms. The predicted octanol–water partition coefficient (Wildman–Crippen LogP) is -0.938. The van der Waals surface area contributed by atoms with Gasteiger partial charge >= 0.3 is 7.82 Å². The third-order valence-corrected chi connectivity index (χ3v) is 5.59. The van der Waals surface area contributed by atoms with Gasteiger partial charge in [-0.05, 0) is 6.92 Å². The lowest BCUT2D eigenvalue weighted by atomic mass is 9.96. The highest BCUT2D eigenvalue weighted by Crippen LogP contribution is 2.44. The molecule has 6 N–H and O–H groups in total. The van der Waals surface area contributed by atoms with Gasteiger partial charge in [0.15, 0.2) is 6.23 Å². The monoisotopic (exact) mass is 441 g/mol. The summed E-state index contributed by atoms with van der Waals surface area (Å²) in [4.78, 5) is 38.2. The van der Waals surface area contributed by atoms with Crippen LogP contribution in [0.15, 0.2) is 18.6 Å². The Hall–Kier alpha value is -2.38. The predicted molar refractivity (Wildman–Crippen MR) is 102 cm³/mol. The maximum absolute atomic E-state index is 12.1. The van der Waals surface area contributed by atoms with Crippen LogP contribution in [0.3, 0.4) is 0 Å². The molecule has 1 fully saturated rings. The van der Waals surface area contributed by atoms with Crippen LogP contribution in [0.5, 0.6) is 0 Å². The Labute approximate surface area is 169 Å². The largest absolute Gasteiger partial charge is 0.469 e. The number of phosphoric ester groups is 1. The third-order valence-electron chi connectivity index (χ3n) is 5.10. The minimum absolute atomic E-state index is 0.264. The normalized spacial score (nSPS) is 28.9. The highest BCUT2D eigenvalue weighted by Gasteiger charge is 2.54. The van der Waals surface area contributed by atoms with Crippen LogP contribution in [0.4, 0.5) is 5.82 Å². The number of nitrogens with one attached hydrogen (secondary N) is 2. The maximum Gasteiger partial charge on any atom is 0.469 e. The lowest BCUT2D eigenvalue weighted by Crippen LogP contribution is -2.44. The molecule has 13 nitrogen and oxygen atoms in total. The number of anilines is 1. The molecule has 2 aliphatic heterocycles. The number of hydrogen-bond acceptors (Lipinski definition) is 9. The summed E-state index contributed by atoms with van der Waals surface area (Å²) in [6, 6.07) is 0. The van der Waals surface area contributed by atoms with Crippen LogP contribution >= 0.6 is 7.82 Å². The molecule has 0 saturated carbocycles. The molecule has 2 aliphatic rings. The third kappa shape index (κ3) is 3.40. The lowest BCUT2D eigenvalue weighted by molar-refractivity contribution is -0.111. The number of phosphoric acid groups is 1. The first-order valence-corrected chi connectivity index (χ1v) is 10.4. The van der Waals surface area contributed by atoms with Crippen LogP contribution in [0.25, 0.3) is 16.7 Å². The van der Waals surface area contributed by atoms with Crippen molar-refractivity contribution in [2.75, 3.05) is 19.0 Å². The van der Waals surface area contributed by atoms with Gasteiger partial charge in [0.1, 0.15) is 35.6 Å². The number of ether oxygens (including phenoxy) is 1. The van der Waals surface area contributed by atoms with Crippen molar-refractivity contribution >= 4 is 36.3 Å². The number of hydrogen-bond donors (Lipinski definition) is 6. The summed E-state index contributed by atoms with van der Waals surface area (Å²) in [6.07, 6.45) is 0.264. The number of rotatable bonds is 5. The summed E-state index contributed by atoms with van der Waals surface area (Å²) in [5, 5.41) is 27.5. The van der Waals surface area contributed by atoms with E-state index in [0.29, 0.717) is 22.3 Å². The van der Waals surface area contributed by atoms with Crippen LogP contribution in [-0.4, -0.2) is 71.9 Å². The zero-order valence-electron chi connectivity index (χ0n) is 15.9. The molecule has 0 aromatic carbocycles. The van der Waals surface area contributed by atoms with Gasteiger partial charge in [-0.1, -0.05) is 0 Å². The Morgan fingerprint density at radius 2 is 2.17 bits per heavy atom. The molecular formula is C16H20N5O8P. The van der Waals surface area contributed by atoms with Crippen LogP contribution in [0.2, 0.25) is 0 Å². The Bertz CT molecular complexity index is 1090. The van der Waals surface area contributed by atoms with Crippen molar-refractivity contribution in [3.05, 3.63) is 24.2 Å². The van der Waals surface area contributed by atoms with Crippen molar-refractivity contribution in [1.82, 2.24) is 19.9 Å². The van der Waals surface area contributed by atoms with E-state index in [1.807, 2.05) is 0 Å². The van der Waals surface area contributed by atoms with E-state index in [4.69, 9.17) is 14.5 Å². The van der Waals surface area contributed by atoms with Gasteiger partial charge in [0.2, 0.25) is 0 Å². The molecule has 0 bridgehead atoms. The smallest absolute Gasteiger partial charge is 0.387 e. The van der Waals surface area contributed by atoms with E-state index in [9.17, 15) is 19.6 Å². The van der Waals surface area contributed by atoms with E-state index in [0.717, 1.165) is 0 Å². The average Bonchev–Trinajstić information content (AvgIpc) is 3.08. The van der Waals surface area contributed by atoms with Crippen molar-refractivity contribution in [3.63, 3.8) is 0 Å². The van der Waals surface area contributed by atoms with Crippen molar-refractivity contribution in [1.29, 1.82) is 0 Å². The van der Waals surface area contributed by atoms with Gasteiger partial charge in [-0.15, -0.1) is 0 Å². The topological polar surface area (TPSA) is 188 Å². The van der Waals surface area contributed by atoms with Crippen molar-refractivity contribution in [2.45, 2.75) is 31.0 Å². The van der Waals surface area contributed by atoms with Crippen LogP contribution in [0.1, 0.15) is 18.7 Å². The molecule has 0 aliphatic carbocycles. The second-order valence-electron chi connectivity index (χ2n) is 7.15. The SMILES string of the molecule is CNC1=CC(=O)Nc2ncnc3c2c1cn3[C@@H]1O[C@H](COP(=O)(O)O)[C@@H](O)[C@@]1(C)O. The minimum Gasteiger partial charge on any atom is -0.387 e. The van der Waals surface area contributed by atoms with Gasteiger partial charge in [0.05, 0.1) is 12.0 Å². The Kier molecular flexibility index (Phi) is 4.94. The first-order chi connectivity index (χ1) is 14.0. The van der Waals surface area contributed by atoms with Crippen LogP contribution in [0, 0.1) is 0 Å². The molecule has 4 atom stereocenters. The molecule has 1 saturated heterocycles. The molecule has 4 heterocycles. The van der Waals surface area contributed by atoms with Crippen LogP contribution in [-0.2, 0) is 18.6 Å². The highest BCUT2D eigenvalue weighted by atomic mass is 31.2. The van der Waals surface area contributed by atoms with Gasteiger partial charge in [-0.3, -0.25) is 9.32 Å². The first kappa shape index (κ1) is 20.9. The fourth-order valence-corrected chi connectivity index (χ4v) is 4.02. The number of carbonyl (C=O) groups excluding carboxylic acids is 1. The lowest BCUT2D eigenvalue weighted by Gasteiger charge is -2.27. The van der Waals surface area contributed by atoms with E-state index >= 15 is 0 Å². The second-order valence-corrected chi connectivity index (χ2v) is 8.39. The number of nitrogens with zero attached hydrogens (tertiary/aromatic N) is 3. The van der Waals surface area contributed by atoms with Gasteiger partial charge in [-0.2, -0.15) is 0 Å². The molecule has 0 radical (unpaired) electrons. The molecule has 4 rings (SSSR count). The van der Waals surface area contributed by atoms with Gasteiger partial charge < -0.3 is 39.9 Å². The van der Waals surface area contributed by atoms with E-state index in [-0.39, 0.29) is 11.7 Å². The standard InChI is InChI=1S/C16H20N5O8P/c1-16(24)12(23)9(5-28-30(25,26)27)29-15(16)21-4-7-8(17-2)3-10(22)20-13-11(7)14(21)19-6-18-13/h3-4,6,9,12,15,17,23-24H,5H2,1-2H3,(H2,25,26,27)(H,18,19,20,22)/t9-,12-,15-,16-/m1/s1. The maximum atomic E-state index is 12.1. The second kappa shape index (κ2) is 7.10. The van der Waals surface area contributed by atoms with E-state index in [2.05, 4.69) is 25.1 Å². The molecule has 1 amide bonds. The number of carbonyl (C=O) groups is 1. The fourth-order valence-electron chi connectivity index (χ4n) is 3.68. The molecule has 14 heteroatoms. The first-order valence-electron chi connectivity index (χ1n) is 8.85. The van der Waals surface area contributed by atoms with Gasteiger partial charge in [0.25, 0.3) is 5.91 Å². The van der Waals surface area contributed by atoms with E-state index < -0.39 is 38.5 Å². The quantitative estimate of drug-likeness (QED) is 0.314. The van der Waals surface area contributed by atoms with Crippen molar-refractivity contribution < 1.29 is 38.6 Å². The van der Waals surface area contributed by atoms with Gasteiger partial charge in [-0.25, -0.2) is 14.5 Å². The summed E-state index contributed by atoms with van der Waals surface area (Å²) in [6.45, 7) is 0.692. The Morgan fingerprint density at radius 3 is 2.83 bits per heavy atom. The summed E-state index contributed by atoms with van der Waals surface area (Å²) < 4.78 is 22.6. The minimum atomic E-state index is -4.80. The zero-order chi connectivity index (χ0) is 21.8. The average molecular weight is 441 g/mol. The molecule has 2 aromatic heterocycles. The molecule has 162 valence electrons. The Balaban J connectivity index is 1.80. The Morgan fingerprint density at radius 1 is 1.43 bits per heavy atom. The highest BCUT2D eigenvalue weighted by molar-refractivity contribution is 7.46. The fraction of sp³-hybridized carbons (Fsp3) is 0.438. The zero-order valence-corrected chi connectivity index (χ0v) is 16.8. The van der Waals surface area contributed by atoms with Crippen molar-refractivity contribution in [3.8, 4) is 0 Å². The molecule has 0 unspecified atom stereocenters. The van der Waals surface area contributed by atoms with Crippen LogP contribution < -0.4 is 10.6 Å². The molecule has 2 aromatic rings.